The molecule has 300 valence electrons. The van der Waals surface area contributed by atoms with Crippen LogP contribution in [-0.4, -0.2) is 19.5 Å². The van der Waals surface area contributed by atoms with Gasteiger partial charge in [-0.3, -0.25) is 0 Å². The highest BCUT2D eigenvalue weighted by molar-refractivity contribution is 6.25. The molecule has 12 aromatic rings. The lowest BCUT2D eigenvalue weighted by atomic mass is 9.82. The first-order valence-electron chi connectivity index (χ1n) is 22.0. The minimum Gasteiger partial charge on any atom is -0.309 e. The van der Waals surface area contributed by atoms with Gasteiger partial charge in [0.05, 0.1) is 11.0 Å². The Bertz CT molecular complexity index is 3790. The predicted molar refractivity (Wildman–Crippen MR) is 266 cm³/mol. The van der Waals surface area contributed by atoms with Gasteiger partial charge in [0.25, 0.3) is 0 Å². The van der Waals surface area contributed by atoms with Crippen LogP contribution in [0.2, 0.25) is 0 Å². The Morgan fingerprint density at radius 3 is 1.52 bits per heavy atom. The average molecular weight is 817 g/mol. The summed E-state index contributed by atoms with van der Waals surface area (Å²) in [6.07, 6.45) is 0. The molecule has 0 atom stereocenters. The van der Waals surface area contributed by atoms with Crippen LogP contribution in [0.15, 0.2) is 206 Å². The van der Waals surface area contributed by atoms with E-state index in [4.69, 9.17) is 15.0 Å². The number of benzene rings is 10. The van der Waals surface area contributed by atoms with Gasteiger partial charge in [-0.15, -0.1) is 0 Å². The second-order valence-electron chi connectivity index (χ2n) is 17.6. The van der Waals surface area contributed by atoms with Crippen LogP contribution in [0.5, 0.6) is 0 Å². The maximum absolute atomic E-state index is 5.47. The topological polar surface area (TPSA) is 43.6 Å². The fraction of sp³-hybridized carbons (Fsp3) is 0.0500. The molecule has 2 heterocycles. The maximum Gasteiger partial charge on any atom is 0.164 e. The van der Waals surface area contributed by atoms with Crippen molar-refractivity contribution >= 4 is 54.1 Å². The van der Waals surface area contributed by atoms with E-state index in [1.807, 2.05) is 18.2 Å². The van der Waals surface area contributed by atoms with Crippen molar-refractivity contribution in [2.24, 2.45) is 0 Å². The van der Waals surface area contributed by atoms with Gasteiger partial charge in [0.15, 0.2) is 17.5 Å². The van der Waals surface area contributed by atoms with E-state index in [9.17, 15) is 0 Å². The number of nitrogens with zero attached hydrogens (tertiary/aromatic N) is 4. The van der Waals surface area contributed by atoms with Gasteiger partial charge in [-0.05, 0) is 102 Å². The van der Waals surface area contributed by atoms with Crippen molar-refractivity contribution in [3.8, 4) is 62.1 Å². The summed E-state index contributed by atoms with van der Waals surface area (Å²) in [4.78, 5) is 16.1. The minimum atomic E-state index is -0.164. The van der Waals surface area contributed by atoms with Crippen LogP contribution < -0.4 is 0 Å². The van der Waals surface area contributed by atoms with E-state index in [0.717, 1.165) is 44.5 Å². The summed E-state index contributed by atoms with van der Waals surface area (Å²) < 4.78 is 2.39. The van der Waals surface area contributed by atoms with E-state index >= 15 is 0 Å². The van der Waals surface area contributed by atoms with Gasteiger partial charge in [0.1, 0.15) is 0 Å². The van der Waals surface area contributed by atoms with Crippen LogP contribution in [0, 0.1) is 0 Å². The lowest BCUT2D eigenvalue weighted by Crippen LogP contribution is -2.14. The Balaban J connectivity index is 1.10. The van der Waals surface area contributed by atoms with Crippen molar-refractivity contribution in [2.75, 3.05) is 0 Å². The Labute approximate surface area is 370 Å². The van der Waals surface area contributed by atoms with Gasteiger partial charge in [0, 0.05) is 38.6 Å². The molecule has 0 bridgehead atoms. The van der Waals surface area contributed by atoms with Crippen molar-refractivity contribution in [3.05, 3.63) is 217 Å². The molecule has 0 unspecified atom stereocenters. The zero-order valence-electron chi connectivity index (χ0n) is 35.4. The Morgan fingerprint density at radius 1 is 0.328 bits per heavy atom. The van der Waals surface area contributed by atoms with Gasteiger partial charge in [-0.1, -0.05) is 184 Å². The first-order valence-corrected chi connectivity index (χ1v) is 22.0. The van der Waals surface area contributed by atoms with Crippen molar-refractivity contribution in [3.63, 3.8) is 0 Å². The second-order valence-corrected chi connectivity index (χ2v) is 17.6. The van der Waals surface area contributed by atoms with E-state index < -0.39 is 0 Å². The molecule has 4 nitrogen and oxygen atoms in total. The first-order chi connectivity index (χ1) is 31.5. The lowest BCUT2D eigenvalue weighted by molar-refractivity contribution is 0.660. The lowest BCUT2D eigenvalue weighted by Gasteiger charge is -2.21. The van der Waals surface area contributed by atoms with Gasteiger partial charge in [0.2, 0.25) is 0 Å². The highest BCUT2D eigenvalue weighted by Gasteiger charge is 2.37. The van der Waals surface area contributed by atoms with E-state index in [0.29, 0.717) is 17.5 Å². The number of rotatable bonds is 5. The highest BCUT2D eigenvalue weighted by atomic mass is 15.0. The molecule has 1 aliphatic rings. The minimum absolute atomic E-state index is 0.164. The Kier molecular flexibility index (Phi) is 7.92. The third kappa shape index (κ3) is 5.45. The molecule has 0 amide bonds. The monoisotopic (exact) mass is 816 g/mol. The SMILES string of the molecule is CC1(C)c2ccccc2-c2c(-c3nc(-c4ccccc4)nc(-c4cc(-c5ccc6c7ccccc7c7ccccc7c6c5)cc(-n5c6ccccc6c6ccccc65)c4)n3)cccc21. The zero-order valence-corrected chi connectivity index (χ0v) is 35.4. The molecule has 2 aromatic heterocycles. The third-order valence-corrected chi connectivity index (χ3v) is 13.6. The van der Waals surface area contributed by atoms with Crippen LogP contribution in [0.3, 0.4) is 0 Å². The van der Waals surface area contributed by atoms with E-state index in [1.54, 1.807) is 0 Å². The van der Waals surface area contributed by atoms with Gasteiger partial charge in [-0.25, -0.2) is 15.0 Å². The van der Waals surface area contributed by atoms with Crippen LogP contribution in [0.1, 0.15) is 25.0 Å². The summed E-state index contributed by atoms with van der Waals surface area (Å²) >= 11 is 0. The molecule has 0 aliphatic heterocycles. The number of hydrogen-bond donors (Lipinski definition) is 0. The van der Waals surface area contributed by atoms with Crippen molar-refractivity contribution < 1.29 is 0 Å². The van der Waals surface area contributed by atoms with Gasteiger partial charge >= 0.3 is 0 Å². The van der Waals surface area contributed by atoms with E-state index in [1.165, 1.54) is 65.3 Å². The summed E-state index contributed by atoms with van der Waals surface area (Å²) in [6.45, 7) is 4.63. The fourth-order valence-corrected chi connectivity index (χ4v) is 10.6. The molecule has 64 heavy (non-hydrogen) atoms. The number of aromatic nitrogens is 4. The van der Waals surface area contributed by atoms with E-state index in [2.05, 4.69) is 206 Å². The van der Waals surface area contributed by atoms with Gasteiger partial charge in [-0.2, -0.15) is 0 Å². The Morgan fingerprint density at radius 2 is 0.828 bits per heavy atom. The Hall–Kier alpha value is -8.21. The smallest absolute Gasteiger partial charge is 0.164 e. The van der Waals surface area contributed by atoms with Crippen molar-refractivity contribution in [1.29, 1.82) is 0 Å². The molecule has 0 N–H and O–H groups in total. The number of hydrogen-bond acceptors (Lipinski definition) is 3. The number of para-hydroxylation sites is 2. The predicted octanol–water partition coefficient (Wildman–Crippen LogP) is 15.4. The molecular weight excluding hydrogens is 777 g/mol. The summed E-state index contributed by atoms with van der Waals surface area (Å²) in [6, 6.07) is 74.4. The van der Waals surface area contributed by atoms with Crippen LogP contribution in [0.25, 0.3) is 116 Å². The summed E-state index contributed by atoms with van der Waals surface area (Å²) in [5, 5.41) is 9.92. The highest BCUT2D eigenvalue weighted by Crippen LogP contribution is 2.52. The molecule has 0 spiro atoms. The van der Waals surface area contributed by atoms with Gasteiger partial charge < -0.3 is 4.57 Å². The first kappa shape index (κ1) is 36.4. The quantitative estimate of drug-likeness (QED) is 0.163. The molecule has 13 rings (SSSR count). The van der Waals surface area contributed by atoms with Crippen LogP contribution in [-0.2, 0) is 5.41 Å². The third-order valence-electron chi connectivity index (χ3n) is 13.6. The molecule has 4 heteroatoms. The molecule has 10 aromatic carbocycles. The normalized spacial score (nSPS) is 13.0. The summed E-state index contributed by atoms with van der Waals surface area (Å²) in [7, 11) is 0. The fourth-order valence-electron chi connectivity index (χ4n) is 10.6. The maximum atomic E-state index is 5.47. The zero-order chi connectivity index (χ0) is 42.5. The standard InChI is InChI=1S/C60H40N4/c1-60(2)52-27-13-10-25-49(52)56-50(26-16-28-53(56)60)59-62-57(37-17-4-3-5-18-37)61-58(63-59)40-33-39(34-41(35-40)64-54-29-14-11-23-47(54)48-24-12-15-30-55(48)64)38-31-32-46-44-21-7-6-19-42(44)43-20-8-9-22-45(43)51(46)36-38/h3-36H,1-2H3. The molecule has 0 saturated heterocycles. The van der Waals surface area contributed by atoms with E-state index in [-0.39, 0.29) is 5.41 Å². The average Bonchev–Trinajstić information content (AvgIpc) is 3.82. The van der Waals surface area contributed by atoms with Crippen LogP contribution in [0.4, 0.5) is 0 Å². The molecule has 0 saturated carbocycles. The number of fused-ring (bicyclic) bond motifs is 12. The molecular formula is C60H40N4. The van der Waals surface area contributed by atoms with Crippen LogP contribution >= 0.6 is 0 Å². The molecule has 0 radical (unpaired) electrons. The molecule has 1 aliphatic carbocycles. The summed E-state index contributed by atoms with van der Waals surface area (Å²) in [5.74, 6) is 1.91. The van der Waals surface area contributed by atoms with Crippen molar-refractivity contribution in [2.45, 2.75) is 19.3 Å². The largest absolute Gasteiger partial charge is 0.309 e. The summed E-state index contributed by atoms with van der Waals surface area (Å²) in [5.41, 5.74) is 13.2. The van der Waals surface area contributed by atoms with Crippen molar-refractivity contribution in [1.82, 2.24) is 19.5 Å². The molecule has 0 fully saturated rings. The second kappa shape index (κ2) is 13.9.